The third kappa shape index (κ3) is 3.77. The van der Waals surface area contributed by atoms with Crippen LogP contribution in [0.5, 0.6) is 0 Å². The predicted molar refractivity (Wildman–Crippen MR) is 68.1 cm³/mol. The third-order valence-corrected chi connectivity index (χ3v) is 3.39. The van der Waals surface area contributed by atoms with Crippen LogP contribution in [0.2, 0.25) is 0 Å². The number of nitrogens with one attached hydrogen (secondary N) is 1. The molecular weight excluding hydrogens is 214 g/mol. The summed E-state index contributed by atoms with van der Waals surface area (Å²) in [6.07, 6.45) is 4.61. The monoisotopic (exact) mass is 233 g/mol. The highest BCUT2D eigenvalue weighted by Crippen LogP contribution is 2.28. The molecule has 0 heterocycles. The lowest BCUT2D eigenvalue weighted by molar-refractivity contribution is -0.138. The second kappa shape index (κ2) is 5.71. The Bertz CT molecular complexity index is 364. The Morgan fingerprint density at radius 2 is 2.06 bits per heavy atom. The molecule has 0 aliphatic heterocycles. The Balaban J connectivity index is 1.87. The molecule has 3 nitrogen and oxygen atoms in total. The maximum absolute atomic E-state index is 10.7. The van der Waals surface area contributed by atoms with Crippen molar-refractivity contribution >= 4 is 11.7 Å². The minimum Gasteiger partial charge on any atom is -0.481 e. The van der Waals surface area contributed by atoms with E-state index in [4.69, 9.17) is 5.11 Å². The van der Waals surface area contributed by atoms with E-state index in [2.05, 4.69) is 17.4 Å². The summed E-state index contributed by atoms with van der Waals surface area (Å²) in [7, 11) is 0. The lowest BCUT2D eigenvalue weighted by atomic mass is 9.83. The Labute approximate surface area is 102 Å². The van der Waals surface area contributed by atoms with Crippen molar-refractivity contribution in [1.29, 1.82) is 0 Å². The topological polar surface area (TPSA) is 49.3 Å². The van der Waals surface area contributed by atoms with E-state index >= 15 is 0 Å². The summed E-state index contributed by atoms with van der Waals surface area (Å²) in [6.45, 7) is 0. The molecule has 1 aromatic carbocycles. The number of benzene rings is 1. The Kier molecular flexibility index (Phi) is 4.02. The maximum Gasteiger partial charge on any atom is 0.303 e. The van der Waals surface area contributed by atoms with Crippen molar-refractivity contribution < 1.29 is 9.90 Å². The number of hydrogen-bond acceptors (Lipinski definition) is 2. The number of carboxylic acids is 1. The number of hydrogen-bond donors (Lipinski definition) is 2. The molecule has 2 rings (SSSR count). The number of aliphatic carboxylic acids is 1. The Morgan fingerprint density at radius 1 is 1.29 bits per heavy atom. The largest absolute Gasteiger partial charge is 0.481 e. The van der Waals surface area contributed by atoms with Gasteiger partial charge in [-0.05, 0) is 37.3 Å². The van der Waals surface area contributed by atoms with Gasteiger partial charge in [-0.2, -0.15) is 0 Å². The first kappa shape index (κ1) is 12.0. The summed E-state index contributed by atoms with van der Waals surface area (Å²) in [5, 5.41) is 12.3. The number of rotatable bonds is 4. The Hall–Kier alpha value is -1.51. The first-order valence-corrected chi connectivity index (χ1v) is 6.27. The molecule has 1 saturated carbocycles. The zero-order chi connectivity index (χ0) is 12.1. The minimum absolute atomic E-state index is 0.312. The predicted octanol–water partition coefficient (Wildman–Crippen LogP) is 3.13. The standard InChI is InChI=1S/C14H19NO2/c16-14(17)10-11-5-4-8-13(9-11)15-12-6-2-1-3-7-12/h1-3,6-7,11,13,15H,4-5,8-10H2,(H,16,17). The zero-order valence-corrected chi connectivity index (χ0v) is 9.93. The van der Waals surface area contributed by atoms with Gasteiger partial charge in [0.25, 0.3) is 0 Å². The van der Waals surface area contributed by atoms with Gasteiger partial charge in [-0.15, -0.1) is 0 Å². The quantitative estimate of drug-likeness (QED) is 0.840. The summed E-state index contributed by atoms with van der Waals surface area (Å²) < 4.78 is 0. The number of carboxylic acid groups (broad SMARTS) is 1. The van der Waals surface area contributed by atoms with Gasteiger partial charge in [0.05, 0.1) is 0 Å². The summed E-state index contributed by atoms with van der Waals surface area (Å²) in [5.74, 6) is -0.335. The molecule has 1 fully saturated rings. The van der Waals surface area contributed by atoms with Crippen LogP contribution in [-0.4, -0.2) is 17.1 Å². The fourth-order valence-corrected chi connectivity index (χ4v) is 2.62. The number of para-hydroxylation sites is 1. The van der Waals surface area contributed by atoms with Gasteiger partial charge in [0.2, 0.25) is 0 Å². The van der Waals surface area contributed by atoms with Crippen molar-refractivity contribution in [1.82, 2.24) is 0 Å². The second-order valence-corrected chi connectivity index (χ2v) is 4.84. The van der Waals surface area contributed by atoms with Crippen LogP contribution in [0.25, 0.3) is 0 Å². The summed E-state index contributed by atoms with van der Waals surface area (Å²) >= 11 is 0. The molecule has 92 valence electrons. The lowest BCUT2D eigenvalue weighted by Crippen LogP contribution is -2.28. The van der Waals surface area contributed by atoms with Crippen molar-refractivity contribution in [3.63, 3.8) is 0 Å². The first-order valence-electron chi connectivity index (χ1n) is 6.27. The van der Waals surface area contributed by atoms with Crippen molar-refractivity contribution in [2.45, 2.75) is 38.1 Å². The van der Waals surface area contributed by atoms with Gasteiger partial charge < -0.3 is 10.4 Å². The average molecular weight is 233 g/mol. The molecule has 2 atom stereocenters. The molecule has 0 spiro atoms. The molecule has 0 radical (unpaired) electrons. The third-order valence-electron chi connectivity index (χ3n) is 3.39. The van der Waals surface area contributed by atoms with E-state index in [0.717, 1.165) is 31.4 Å². The molecule has 2 N–H and O–H groups in total. The number of anilines is 1. The van der Waals surface area contributed by atoms with E-state index < -0.39 is 5.97 Å². The van der Waals surface area contributed by atoms with E-state index in [1.807, 2.05) is 18.2 Å². The average Bonchev–Trinajstić information content (AvgIpc) is 2.30. The second-order valence-electron chi connectivity index (χ2n) is 4.84. The molecule has 17 heavy (non-hydrogen) atoms. The van der Waals surface area contributed by atoms with Crippen LogP contribution in [0.3, 0.4) is 0 Å². The molecule has 0 bridgehead atoms. The van der Waals surface area contributed by atoms with Crippen molar-refractivity contribution in [2.24, 2.45) is 5.92 Å². The van der Waals surface area contributed by atoms with Crippen molar-refractivity contribution in [3.05, 3.63) is 30.3 Å². The van der Waals surface area contributed by atoms with Gasteiger partial charge in [0, 0.05) is 18.2 Å². The molecule has 0 saturated heterocycles. The van der Waals surface area contributed by atoms with Gasteiger partial charge in [0.15, 0.2) is 0 Å². The first-order chi connectivity index (χ1) is 8.24. The maximum atomic E-state index is 10.7. The molecule has 1 aromatic rings. The number of carbonyl (C=O) groups is 1. The Morgan fingerprint density at radius 3 is 2.76 bits per heavy atom. The lowest BCUT2D eigenvalue weighted by Gasteiger charge is -2.29. The zero-order valence-electron chi connectivity index (χ0n) is 9.93. The van der Waals surface area contributed by atoms with E-state index in [1.54, 1.807) is 0 Å². The summed E-state index contributed by atoms with van der Waals surface area (Å²) in [6, 6.07) is 10.6. The van der Waals surface area contributed by atoms with Crippen LogP contribution < -0.4 is 5.32 Å². The van der Waals surface area contributed by atoms with Crippen LogP contribution in [0.15, 0.2) is 30.3 Å². The van der Waals surface area contributed by atoms with Crippen LogP contribution in [0, 0.1) is 5.92 Å². The molecular formula is C14H19NO2. The molecule has 2 unspecified atom stereocenters. The van der Waals surface area contributed by atoms with Crippen LogP contribution in [0.1, 0.15) is 32.1 Å². The smallest absolute Gasteiger partial charge is 0.303 e. The SMILES string of the molecule is O=C(O)CC1CCCC(Nc2ccccc2)C1. The highest BCUT2D eigenvalue weighted by Gasteiger charge is 2.23. The van der Waals surface area contributed by atoms with Gasteiger partial charge >= 0.3 is 5.97 Å². The molecule has 1 aliphatic carbocycles. The van der Waals surface area contributed by atoms with Crippen LogP contribution in [-0.2, 0) is 4.79 Å². The van der Waals surface area contributed by atoms with Gasteiger partial charge in [-0.1, -0.05) is 24.6 Å². The van der Waals surface area contributed by atoms with Gasteiger partial charge in [-0.3, -0.25) is 4.79 Å². The fraction of sp³-hybridized carbons (Fsp3) is 0.500. The van der Waals surface area contributed by atoms with Crippen LogP contribution >= 0.6 is 0 Å². The van der Waals surface area contributed by atoms with E-state index in [1.165, 1.54) is 0 Å². The van der Waals surface area contributed by atoms with E-state index in [9.17, 15) is 4.79 Å². The molecule has 0 aromatic heterocycles. The highest BCUT2D eigenvalue weighted by atomic mass is 16.4. The fourth-order valence-electron chi connectivity index (χ4n) is 2.62. The van der Waals surface area contributed by atoms with Crippen molar-refractivity contribution in [3.8, 4) is 0 Å². The van der Waals surface area contributed by atoms with Crippen molar-refractivity contribution in [2.75, 3.05) is 5.32 Å². The van der Waals surface area contributed by atoms with Gasteiger partial charge in [-0.25, -0.2) is 0 Å². The van der Waals surface area contributed by atoms with Gasteiger partial charge in [0.1, 0.15) is 0 Å². The normalized spacial score (nSPS) is 24.2. The van der Waals surface area contributed by atoms with E-state index in [-0.39, 0.29) is 0 Å². The summed E-state index contributed by atoms with van der Waals surface area (Å²) in [4.78, 5) is 10.7. The highest BCUT2D eigenvalue weighted by molar-refractivity contribution is 5.67. The van der Waals surface area contributed by atoms with E-state index in [0.29, 0.717) is 18.4 Å². The van der Waals surface area contributed by atoms with Crippen LogP contribution in [0.4, 0.5) is 5.69 Å². The summed E-state index contributed by atoms with van der Waals surface area (Å²) in [5.41, 5.74) is 1.13. The minimum atomic E-state index is -0.671. The molecule has 3 heteroatoms. The molecule has 0 amide bonds. The molecule has 1 aliphatic rings.